The van der Waals surface area contributed by atoms with Crippen molar-refractivity contribution in [2.75, 3.05) is 20.2 Å². The van der Waals surface area contributed by atoms with E-state index >= 15 is 0 Å². The second kappa shape index (κ2) is 7.49. The molecule has 126 valence electrons. The molecule has 0 bridgehead atoms. The van der Waals surface area contributed by atoms with Crippen molar-refractivity contribution in [3.63, 3.8) is 0 Å². The molecule has 0 aromatic heterocycles. The molecule has 0 spiro atoms. The molecule has 0 saturated carbocycles. The Morgan fingerprint density at radius 2 is 2.00 bits per heavy atom. The Bertz CT molecular complexity index is 555. The topological polar surface area (TPSA) is 66.8 Å². The van der Waals surface area contributed by atoms with Gasteiger partial charge >= 0.3 is 5.97 Å². The summed E-state index contributed by atoms with van der Waals surface area (Å²) in [5, 5.41) is 9.50. The number of likely N-dealkylation sites (tertiary alicyclic amines) is 1. The molecule has 1 heterocycles. The smallest absolute Gasteiger partial charge is 0.311 e. The number of carboxylic acids is 1. The molecule has 1 amide bonds. The maximum absolute atomic E-state index is 12.4. The number of rotatable bonds is 6. The van der Waals surface area contributed by atoms with E-state index in [4.69, 9.17) is 4.74 Å². The fraction of sp³-hybridized carbons (Fsp3) is 0.556. The number of amides is 1. The third-order valence-electron chi connectivity index (χ3n) is 4.85. The quantitative estimate of drug-likeness (QED) is 0.875. The number of nitrogens with zero attached hydrogens (tertiary/aromatic N) is 1. The zero-order valence-electron chi connectivity index (χ0n) is 13.9. The highest BCUT2D eigenvalue weighted by molar-refractivity contribution is 5.79. The lowest BCUT2D eigenvalue weighted by Gasteiger charge is -2.39. The maximum atomic E-state index is 12.4. The normalized spacial score (nSPS) is 21.0. The molecule has 1 unspecified atom stereocenters. The van der Waals surface area contributed by atoms with E-state index in [-0.39, 0.29) is 5.91 Å². The highest BCUT2D eigenvalue weighted by atomic mass is 16.5. The van der Waals surface area contributed by atoms with E-state index in [1.807, 2.05) is 31.2 Å². The van der Waals surface area contributed by atoms with E-state index in [1.54, 1.807) is 12.0 Å². The second-order valence-corrected chi connectivity index (χ2v) is 6.21. The van der Waals surface area contributed by atoms with Crippen LogP contribution in [0.25, 0.3) is 0 Å². The van der Waals surface area contributed by atoms with Crippen LogP contribution in [0.15, 0.2) is 24.3 Å². The van der Waals surface area contributed by atoms with Crippen LogP contribution in [0.3, 0.4) is 0 Å². The fourth-order valence-corrected chi connectivity index (χ4v) is 3.16. The molecule has 1 saturated heterocycles. The van der Waals surface area contributed by atoms with Gasteiger partial charge in [-0.25, -0.2) is 0 Å². The Hall–Kier alpha value is -2.04. The van der Waals surface area contributed by atoms with Gasteiger partial charge in [-0.1, -0.05) is 19.1 Å². The average molecular weight is 319 g/mol. The molecular weight excluding hydrogens is 294 g/mol. The van der Waals surface area contributed by atoms with Gasteiger partial charge in [0.2, 0.25) is 5.91 Å². The number of hydrogen-bond acceptors (Lipinski definition) is 3. The summed E-state index contributed by atoms with van der Waals surface area (Å²) < 4.78 is 5.12. The van der Waals surface area contributed by atoms with Crippen LogP contribution in [0, 0.1) is 5.41 Å². The van der Waals surface area contributed by atoms with Crippen LogP contribution in [-0.2, 0) is 16.0 Å². The van der Waals surface area contributed by atoms with Crippen molar-refractivity contribution in [2.24, 2.45) is 5.41 Å². The molecule has 5 nitrogen and oxygen atoms in total. The van der Waals surface area contributed by atoms with Gasteiger partial charge in [-0.05, 0) is 43.4 Å². The van der Waals surface area contributed by atoms with Crippen molar-refractivity contribution in [1.29, 1.82) is 0 Å². The molecule has 5 heteroatoms. The molecule has 1 atom stereocenters. The standard InChI is InChI=1S/C18H25NO4/c1-3-18(17(21)22)11-4-12-19(13-18)16(20)10-7-14-5-8-15(23-2)9-6-14/h5-6,8-9H,3-4,7,10-13H2,1-2H3,(H,21,22). The number of carbonyl (C=O) groups excluding carboxylic acids is 1. The average Bonchev–Trinajstić information content (AvgIpc) is 2.59. The molecule has 1 aromatic rings. The molecular formula is C18H25NO4. The lowest BCUT2D eigenvalue weighted by molar-refractivity contribution is -0.155. The highest BCUT2D eigenvalue weighted by Crippen LogP contribution is 2.34. The van der Waals surface area contributed by atoms with Crippen LogP contribution in [0.4, 0.5) is 0 Å². The van der Waals surface area contributed by atoms with Crippen molar-refractivity contribution < 1.29 is 19.4 Å². The van der Waals surface area contributed by atoms with Gasteiger partial charge < -0.3 is 14.7 Å². The third-order valence-corrected chi connectivity index (χ3v) is 4.85. The van der Waals surface area contributed by atoms with Crippen LogP contribution in [0.5, 0.6) is 5.75 Å². The number of methoxy groups -OCH3 is 1. The SMILES string of the molecule is CCC1(C(=O)O)CCCN(C(=O)CCc2ccc(OC)cc2)C1. The van der Waals surface area contributed by atoms with E-state index in [1.165, 1.54) is 0 Å². The van der Waals surface area contributed by atoms with Gasteiger partial charge in [0.15, 0.2) is 0 Å². The molecule has 0 radical (unpaired) electrons. The first-order chi connectivity index (χ1) is 11.0. The summed E-state index contributed by atoms with van der Waals surface area (Å²) in [7, 11) is 1.62. The minimum atomic E-state index is -0.785. The Morgan fingerprint density at radius 3 is 2.57 bits per heavy atom. The first-order valence-corrected chi connectivity index (χ1v) is 8.15. The number of carboxylic acid groups (broad SMARTS) is 1. The molecule has 2 rings (SSSR count). The number of carbonyl (C=O) groups is 2. The van der Waals surface area contributed by atoms with Crippen molar-refractivity contribution >= 4 is 11.9 Å². The van der Waals surface area contributed by atoms with E-state index in [9.17, 15) is 14.7 Å². The summed E-state index contributed by atoms with van der Waals surface area (Å²) in [6.45, 7) is 2.89. The van der Waals surface area contributed by atoms with Crippen molar-refractivity contribution in [3.8, 4) is 5.75 Å². The summed E-state index contributed by atoms with van der Waals surface area (Å²) >= 11 is 0. The molecule has 23 heavy (non-hydrogen) atoms. The first kappa shape index (κ1) is 17.3. The summed E-state index contributed by atoms with van der Waals surface area (Å²) in [4.78, 5) is 25.7. The number of benzene rings is 1. The fourth-order valence-electron chi connectivity index (χ4n) is 3.16. The molecule has 1 N–H and O–H groups in total. The zero-order valence-corrected chi connectivity index (χ0v) is 13.9. The molecule has 1 fully saturated rings. The monoisotopic (exact) mass is 319 g/mol. The second-order valence-electron chi connectivity index (χ2n) is 6.21. The Labute approximate surface area is 137 Å². The minimum absolute atomic E-state index is 0.0413. The Balaban J connectivity index is 1.93. The van der Waals surface area contributed by atoms with Gasteiger partial charge in [-0.2, -0.15) is 0 Å². The van der Waals surface area contributed by atoms with Crippen LogP contribution in [-0.4, -0.2) is 42.1 Å². The minimum Gasteiger partial charge on any atom is -0.497 e. The summed E-state index contributed by atoms with van der Waals surface area (Å²) in [6, 6.07) is 7.67. The van der Waals surface area contributed by atoms with E-state index < -0.39 is 11.4 Å². The zero-order chi connectivity index (χ0) is 16.9. The van der Waals surface area contributed by atoms with E-state index in [0.717, 1.165) is 17.7 Å². The van der Waals surface area contributed by atoms with Crippen LogP contribution < -0.4 is 4.74 Å². The lowest BCUT2D eigenvalue weighted by Crippen LogP contribution is -2.49. The van der Waals surface area contributed by atoms with Crippen LogP contribution >= 0.6 is 0 Å². The maximum Gasteiger partial charge on any atom is 0.311 e. The van der Waals surface area contributed by atoms with Crippen molar-refractivity contribution in [2.45, 2.75) is 39.0 Å². The number of piperidine rings is 1. The van der Waals surface area contributed by atoms with Gasteiger partial charge in [0.05, 0.1) is 12.5 Å². The molecule has 1 aliphatic rings. The number of ether oxygens (including phenoxy) is 1. The Kier molecular flexibility index (Phi) is 5.64. The number of hydrogen-bond donors (Lipinski definition) is 1. The van der Waals surface area contributed by atoms with Gasteiger partial charge in [-0.3, -0.25) is 9.59 Å². The number of aliphatic carboxylic acids is 1. The molecule has 1 aliphatic heterocycles. The predicted octanol–water partition coefficient (Wildman–Crippen LogP) is 2.73. The summed E-state index contributed by atoms with van der Waals surface area (Å²) in [5.41, 5.74) is 0.310. The number of aryl methyl sites for hydroxylation is 1. The largest absolute Gasteiger partial charge is 0.497 e. The van der Waals surface area contributed by atoms with Gasteiger partial charge in [0.25, 0.3) is 0 Å². The van der Waals surface area contributed by atoms with E-state index in [2.05, 4.69) is 0 Å². The lowest BCUT2D eigenvalue weighted by atomic mass is 9.77. The van der Waals surface area contributed by atoms with Crippen molar-refractivity contribution in [1.82, 2.24) is 4.90 Å². The summed E-state index contributed by atoms with van der Waals surface area (Å²) in [6.07, 6.45) is 3.04. The van der Waals surface area contributed by atoms with Gasteiger partial charge in [0, 0.05) is 19.5 Å². The first-order valence-electron chi connectivity index (χ1n) is 8.15. The third kappa shape index (κ3) is 4.03. The van der Waals surface area contributed by atoms with Crippen molar-refractivity contribution in [3.05, 3.63) is 29.8 Å². The van der Waals surface area contributed by atoms with E-state index in [0.29, 0.717) is 38.8 Å². The molecule has 1 aromatic carbocycles. The molecule has 0 aliphatic carbocycles. The van der Waals surface area contributed by atoms with Gasteiger partial charge in [0.1, 0.15) is 5.75 Å². The predicted molar refractivity (Wildman–Crippen MR) is 87.5 cm³/mol. The highest BCUT2D eigenvalue weighted by Gasteiger charge is 2.41. The Morgan fingerprint density at radius 1 is 1.30 bits per heavy atom. The summed E-state index contributed by atoms with van der Waals surface area (Å²) in [5.74, 6) is 0.0533. The van der Waals surface area contributed by atoms with Gasteiger partial charge in [-0.15, -0.1) is 0 Å². The van der Waals surface area contributed by atoms with Crippen LogP contribution in [0.2, 0.25) is 0 Å². The van der Waals surface area contributed by atoms with Crippen LogP contribution in [0.1, 0.15) is 38.2 Å².